The van der Waals surface area contributed by atoms with Crippen LogP contribution in [0.25, 0.3) is 0 Å². The molecule has 0 heterocycles. The third kappa shape index (κ3) is 8.29. The lowest BCUT2D eigenvalue weighted by Crippen LogP contribution is -2.00. The normalized spacial score (nSPS) is 17.1. The van der Waals surface area contributed by atoms with Crippen molar-refractivity contribution in [2.24, 2.45) is 10.9 Å². The summed E-state index contributed by atoms with van der Waals surface area (Å²) in [5, 5.41) is 0. The molecule has 0 rings (SSSR count). The molecule has 0 saturated heterocycles. The molecule has 0 aliphatic heterocycles. The monoisotopic (exact) mass is 285 g/mol. The van der Waals surface area contributed by atoms with E-state index in [-0.39, 0.29) is 0 Å². The van der Waals surface area contributed by atoms with E-state index in [1.807, 2.05) is 32.1 Å². The topological polar surface area (TPSA) is 12.4 Å². The molecule has 0 fully saturated rings. The number of hydrogen-bond acceptors (Lipinski definition) is 1. The smallest absolute Gasteiger partial charge is 0.0402 e. The van der Waals surface area contributed by atoms with Crippen molar-refractivity contribution in [1.29, 1.82) is 0 Å². The Morgan fingerprint density at radius 2 is 1.71 bits per heavy atom. The summed E-state index contributed by atoms with van der Waals surface area (Å²) in [6.07, 6.45) is 16.1. The van der Waals surface area contributed by atoms with E-state index >= 15 is 0 Å². The molecule has 0 N–H and O–H groups in total. The Bertz CT molecular complexity index is 482. The molecule has 0 saturated carbocycles. The maximum atomic E-state index is 4.65. The molecule has 0 bridgehead atoms. The summed E-state index contributed by atoms with van der Waals surface area (Å²) in [6.45, 7) is 14.7. The van der Waals surface area contributed by atoms with Gasteiger partial charge in [-0.2, -0.15) is 0 Å². The molecule has 1 nitrogen and oxygen atoms in total. The molecular weight excluding hydrogens is 254 g/mol. The van der Waals surface area contributed by atoms with Crippen molar-refractivity contribution in [3.63, 3.8) is 0 Å². The Morgan fingerprint density at radius 1 is 1.05 bits per heavy atom. The molecule has 0 amide bonds. The van der Waals surface area contributed by atoms with Crippen molar-refractivity contribution in [2.75, 3.05) is 0 Å². The third-order valence-corrected chi connectivity index (χ3v) is 3.33. The van der Waals surface area contributed by atoms with Gasteiger partial charge in [0.2, 0.25) is 0 Å². The summed E-state index contributed by atoms with van der Waals surface area (Å²) in [5.74, 6) is 0.361. The second-order valence-electron chi connectivity index (χ2n) is 5.29. The molecule has 0 aliphatic carbocycles. The lowest BCUT2D eigenvalue weighted by atomic mass is 9.95. The Morgan fingerprint density at radius 3 is 2.24 bits per heavy atom. The number of hydrogen-bond donors (Lipinski definition) is 0. The van der Waals surface area contributed by atoms with Crippen molar-refractivity contribution in [3.8, 4) is 0 Å². The van der Waals surface area contributed by atoms with Gasteiger partial charge in [0.05, 0.1) is 0 Å². The predicted octanol–water partition coefficient (Wildman–Crippen LogP) is 6.42. The zero-order valence-electron chi connectivity index (χ0n) is 14.8. The summed E-state index contributed by atoms with van der Waals surface area (Å²) in [5.41, 5.74) is 4.73. The fourth-order valence-electron chi connectivity index (χ4n) is 2.02. The molecule has 0 radical (unpaired) electrons. The maximum Gasteiger partial charge on any atom is 0.0402 e. The first-order valence-electron chi connectivity index (χ1n) is 7.79. The molecule has 0 aromatic rings. The van der Waals surface area contributed by atoms with E-state index in [4.69, 9.17) is 0 Å². The summed E-state index contributed by atoms with van der Waals surface area (Å²) >= 11 is 0. The highest BCUT2D eigenvalue weighted by Crippen LogP contribution is 2.18. The van der Waals surface area contributed by atoms with Gasteiger partial charge in [0, 0.05) is 17.3 Å². The van der Waals surface area contributed by atoms with Gasteiger partial charge < -0.3 is 0 Å². The minimum Gasteiger partial charge on any atom is -0.258 e. The molecule has 0 aromatic carbocycles. The Balaban J connectivity index is 5.30. The first-order chi connectivity index (χ1) is 9.96. The first-order valence-corrected chi connectivity index (χ1v) is 7.79. The van der Waals surface area contributed by atoms with Crippen molar-refractivity contribution in [1.82, 2.24) is 0 Å². The average molecular weight is 285 g/mol. The number of nitrogens with zero attached hydrogens (tertiary/aromatic N) is 1. The number of allylic oxidation sites excluding steroid dienone is 10. The lowest BCUT2D eigenvalue weighted by Gasteiger charge is -2.11. The predicted molar refractivity (Wildman–Crippen MR) is 97.8 cm³/mol. The number of rotatable bonds is 7. The molecule has 21 heavy (non-hydrogen) atoms. The Labute approximate surface area is 131 Å². The molecule has 116 valence electrons. The first kappa shape index (κ1) is 19.4. The van der Waals surface area contributed by atoms with Crippen molar-refractivity contribution in [2.45, 2.75) is 54.9 Å². The van der Waals surface area contributed by atoms with Crippen LogP contribution in [-0.4, -0.2) is 5.71 Å². The zero-order chi connectivity index (χ0) is 16.3. The van der Waals surface area contributed by atoms with Crippen molar-refractivity contribution in [3.05, 3.63) is 59.4 Å². The van der Waals surface area contributed by atoms with E-state index in [9.17, 15) is 0 Å². The standard InChI is InChI=1S/C20H31N/c1-8-11-14-18(6)21-19(7)17(5)15-20(13-10-3)16(4)12-9-2/h8,10-15,20H,9H2,1-7H3/b11-8-,13-10?,16-12-,17-15-,18-14+,21-19-. The second-order valence-corrected chi connectivity index (χ2v) is 5.29. The summed E-state index contributed by atoms with van der Waals surface area (Å²) in [7, 11) is 0. The molecule has 0 spiro atoms. The largest absolute Gasteiger partial charge is 0.258 e. The molecule has 1 atom stereocenters. The third-order valence-electron chi connectivity index (χ3n) is 3.33. The van der Waals surface area contributed by atoms with Crippen LogP contribution in [0.3, 0.4) is 0 Å². The van der Waals surface area contributed by atoms with Gasteiger partial charge in [-0.15, -0.1) is 0 Å². The van der Waals surface area contributed by atoms with Gasteiger partial charge in [0.1, 0.15) is 0 Å². The molecular formula is C20H31N. The van der Waals surface area contributed by atoms with Crippen LogP contribution in [0.15, 0.2) is 64.4 Å². The van der Waals surface area contributed by atoms with Crippen LogP contribution in [0.4, 0.5) is 0 Å². The molecule has 1 unspecified atom stereocenters. The number of aliphatic imine (C=N–C) groups is 1. The highest BCUT2D eigenvalue weighted by atomic mass is 14.7. The molecule has 0 aromatic heterocycles. The average Bonchev–Trinajstić information content (AvgIpc) is 2.44. The SMILES string of the molecule is CC=CC(\C=C(C)/C(C)=N\C(C)=C\C=C/C)/C(C)=C\CC. The molecule has 0 aliphatic rings. The van der Waals surface area contributed by atoms with Gasteiger partial charge in [-0.25, -0.2) is 0 Å². The van der Waals surface area contributed by atoms with Crippen LogP contribution in [0, 0.1) is 5.92 Å². The van der Waals surface area contributed by atoms with Gasteiger partial charge in [-0.3, -0.25) is 4.99 Å². The highest BCUT2D eigenvalue weighted by Gasteiger charge is 2.05. The van der Waals surface area contributed by atoms with E-state index in [2.05, 4.69) is 63.9 Å². The summed E-state index contributed by atoms with van der Waals surface area (Å²) in [6, 6.07) is 0. The van der Waals surface area contributed by atoms with Gasteiger partial charge in [0.15, 0.2) is 0 Å². The Kier molecular flexibility index (Phi) is 10.2. The van der Waals surface area contributed by atoms with E-state index in [0.29, 0.717) is 5.92 Å². The highest BCUT2D eigenvalue weighted by molar-refractivity contribution is 5.98. The van der Waals surface area contributed by atoms with Crippen molar-refractivity contribution < 1.29 is 0 Å². The summed E-state index contributed by atoms with van der Waals surface area (Å²) < 4.78 is 0. The lowest BCUT2D eigenvalue weighted by molar-refractivity contribution is 0.938. The molecule has 1 heteroatoms. The zero-order valence-corrected chi connectivity index (χ0v) is 14.8. The van der Waals surface area contributed by atoms with Crippen LogP contribution in [0.5, 0.6) is 0 Å². The van der Waals surface area contributed by atoms with Gasteiger partial charge in [-0.05, 0) is 59.6 Å². The quantitative estimate of drug-likeness (QED) is 0.290. The van der Waals surface area contributed by atoms with Crippen LogP contribution in [0.1, 0.15) is 54.9 Å². The van der Waals surface area contributed by atoms with Gasteiger partial charge in [0.25, 0.3) is 0 Å². The fraction of sp³-hybridized carbons (Fsp3) is 0.450. The van der Waals surface area contributed by atoms with E-state index < -0.39 is 0 Å². The van der Waals surface area contributed by atoms with E-state index in [1.165, 1.54) is 11.1 Å². The van der Waals surface area contributed by atoms with Crippen molar-refractivity contribution >= 4 is 5.71 Å². The maximum absolute atomic E-state index is 4.65. The van der Waals surface area contributed by atoms with Crippen LogP contribution in [0.2, 0.25) is 0 Å². The Hall–Kier alpha value is -1.63. The summed E-state index contributed by atoms with van der Waals surface area (Å²) in [4.78, 5) is 4.65. The minimum atomic E-state index is 0.361. The van der Waals surface area contributed by atoms with Gasteiger partial charge >= 0.3 is 0 Å². The van der Waals surface area contributed by atoms with Gasteiger partial charge in [-0.1, -0.05) is 49.0 Å². The van der Waals surface area contributed by atoms with Crippen LogP contribution in [-0.2, 0) is 0 Å². The second kappa shape index (κ2) is 11.1. The fourth-order valence-corrected chi connectivity index (χ4v) is 2.02. The van der Waals surface area contributed by atoms with Crippen LogP contribution < -0.4 is 0 Å². The van der Waals surface area contributed by atoms with E-state index in [0.717, 1.165) is 17.8 Å². The van der Waals surface area contributed by atoms with E-state index in [1.54, 1.807) is 0 Å². The minimum absolute atomic E-state index is 0.361. The van der Waals surface area contributed by atoms with Crippen LogP contribution >= 0.6 is 0 Å².